The number of nitrogens with one attached hydrogen (secondary N) is 1. The van der Waals surface area contributed by atoms with Gasteiger partial charge in [0.25, 0.3) is 0 Å². The molecule has 1 unspecified atom stereocenters. The van der Waals surface area contributed by atoms with Gasteiger partial charge in [0.15, 0.2) is 0 Å². The van der Waals surface area contributed by atoms with E-state index in [2.05, 4.69) is 5.32 Å². The Morgan fingerprint density at radius 1 is 1.17 bits per heavy atom. The monoisotopic (exact) mass is 364 g/mol. The number of amides is 2. The Bertz CT molecular complexity index is 709. The maximum Gasteiger partial charge on any atom is 0.317 e. The number of halogens is 2. The first-order chi connectivity index (χ1) is 11.6. The van der Waals surface area contributed by atoms with Gasteiger partial charge in [-0.25, -0.2) is 4.79 Å². The highest BCUT2D eigenvalue weighted by molar-refractivity contribution is 6.42. The molecule has 1 aliphatic rings. The molecule has 0 bridgehead atoms. The van der Waals surface area contributed by atoms with Gasteiger partial charge in [0, 0.05) is 13.1 Å². The quantitative estimate of drug-likeness (QED) is 0.882. The molecule has 3 rings (SSSR count). The van der Waals surface area contributed by atoms with Crippen LogP contribution in [0.15, 0.2) is 48.5 Å². The zero-order valence-corrected chi connectivity index (χ0v) is 14.6. The molecule has 1 heterocycles. The molecule has 1 N–H and O–H groups in total. The largest absolute Gasteiger partial charge is 0.370 e. The van der Waals surface area contributed by atoms with E-state index >= 15 is 0 Å². The normalized spacial score (nSPS) is 17.6. The molecule has 1 aliphatic heterocycles. The molecule has 1 fully saturated rings. The van der Waals surface area contributed by atoms with Crippen molar-refractivity contribution in [2.24, 2.45) is 0 Å². The van der Waals surface area contributed by atoms with Crippen LogP contribution in [0.1, 0.15) is 17.2 Å². The number of urea groups is 1. The van der Waals surface area contributed by atoms with Crippen molar-refractivity contribution in [2.75, 3.05) is 19.7 Å². The third-order valence-electron chi connectivity index (χ3n) is 3.96. The second-order valence-electron chi connectivity index (χ2n) is 5.62. The highest BCUT2D eigenvalue weighted by Crippen LogP contribution is 2.29. The molecule has 0 radical (unpaired) electrons. The van der Waals surface area contributed by atoms with Gasteiger partial charge < -0.3 is 15.0 Å². The second kappa shape index (κ2) is 7.88. The Hall–Kier alpha value is -1.75. The highest BCUT2D eigenvalue weighted by atomic mass is 35.5. The van der Waals surface area contributed by atoms with Gasteiger partial charge in [0.2, 0.25) is 0 Å². The third kappa shape index (κ3) is 4.20. The predicted molar refractivity (Wildman–Crippen MR) is 95.4 cm³/mol. The molecule has 126 valence electrons. The zero-order chi connectivity index (χ0) is 16.9. The minimum absolute atomic E-state index is 0.0905. The first kappa shape index (κ1) is 17.1. The first-order valence-corrected chi connectivity index (χ1v) is 8.52. The summed E-state index contributed by atoms with van der Waals surface area (Å²) in [6, 6.07) is 15.2. The van der Waals surface area contributed by atoms with E-state index in [4.69, 9.17) is 27.9 Å². The van der Waals surface area contributed by atoms with E-state index in [-0.39, 0.29) is 12.1 Å². The molecule has 2 aromatic carbocycles. The summed E-state index contributed by atoms with van der Waals surface area (Å²) in [5.41, 5.74) is 1.99. The van der Waals surface area contributed by atoms with E-state index in [0.29, 0.717) is 36.3 Å². The molecule has 6 heteroatoms. The summed E-state index contributed by atoms with van der Waals surface area (Å²) >= 11 is 12.0. The van der Waals surface area contributed by atoms with Crippen molar-refractivity contribution in [3.63, 3.8) is 0 Å². The highest BCUT2D eigenvalue weighted by Gasteiger charge is 2.25. The number of ether oxygens (including phenoxy) is 1. The standard InChI is InChI=1S/C18H18Cl2N2O2/c19-15-7-6-14(10-16(15)20)17-12-22(8-9-24-17)18(23)21-11-13-4-2-1-3-5-13/h1-7,10,17H,8-9,11-12H2,(H,21,23). The van der Waals surface area contributed by atoms with Gasteiger partial charge in [-0.3, -0.25) is 0 Å². The molecular weight excluding hydrogens is 347 g/mol. The Kier molecular flexibility index (Phi) is 5.61. The SMILES string of the molecule is O=C(NCc1ccccc1)N1CCOC(c2ccc(Cl)c(Cl)c2)C1. The van der Waals surface area contributed by atoms with Gasteiger partial charge >= 0.3 is 6.03 Å². The molecule has 4 nitrogen and oxygen atoms in total. The number of hydrogen-bond donors (Lipinski definition) is 1. The van der Waals surface area contributed by atoms with Crippen LogP contribution in [0, 0.1) is 0 Å². The lowest BCUT2D eigenvalue weighted by molar-refractivity contribution is -0.0154. The van der Waals surface area contributed by atoms with Gasteiger partial charge in [-0.15, -0.1) is 0 Å². The number of carbonyl (C=O) groups is 1. The molecule has 24 heavy (non-hydrogen) atoms. The smallest absolute Gasteiger partial charge is 0.317 e. The minimum atomic E-state index is -0.198. The molecule has 1 atom stereocenters. The molecule has 0 spiro atoms. The average Bonchev–Trinajstić information content (AvgIpc) is 2.63. The van der Waals surface area contributed by atoms with Crippen LogP contribution in [0.25, 0.3) is 0 Å². The van der Waals surface area contributed by atoms with Crippen LogP contribution in [0.5, 0.6) is 0 Å². The van der Waals surface area contributed by atoms with Crippen molar-refractivity contribution in [1.82, 2.24) is 10.2 Å². The fraction of sp³-hybridized carbons (Fsp3) is 0.278. The van der Waals surface area contributed by atoms with E-state index in [9.17, 15) is 4.79 Å². The van der Waals surface area contributed by atoms with Crippen molar-refractivity contribution < 1.29 is 9.53 Å². The summed E-state index contributed by atoms with van der Waals surface area (Å²) < 4.78 is 5.78. The summed E-state index contributed by atoms with van der Waals surface area (Å²) in [6.07, 6.45) is -0.198. The van der Waals surface area contributed by atoms with Crippen LogP contribution in [-0.4, -0.2) is 30.6 Å². The lowest BCUT2D eigenvalue weighted by Crippen LogP contribution is -2.46. The Morgan fingerprint density at radius 2 is 1.96 bits per heavy atom. The van der Waals surface area contributed by atoms with Gasteiger partial charge in [-0.05, 0) is 23.3 Å². The van der Waals surface area contributed by atoms with Crippen molar-refractivity contribution in [3.8, 4) is 0 Å². The number of rotatable bonds is 3. The summed E-state index contributed by atoms with van der Waals surface area (Å²) in [5, 5.41) is 3.94. The zero-order valence-electron chi connectivity index (χ0n) is 13.0. The second-order valence-corrected chi connectivity index (χ2v) is 6.44. The van der Waals surface area contributed by atoms with Crippen molar-refractivity contribution in [1.29, 1.82) is 0 Å². The minimum Gasteiger partial charge on any atom is -0.370 e. The maximum atomic E-state index is 12.4. The van der Waals surface area contributed by atoms with Gasteiger partial charge in [0.05, 0.1) is 23.2 Å². The van der Waals surface area contributed by atoms with E-state index in [1.807, 2.05) is 36.4 Å². The van der Waals surface area contributed by atoms with E-state index in [1.165, 1.54) is 0 Å². The van der Waals surface area contributed by atoms with Gasteiger partial charge in [0.1, 0.15) is 6.10 Å². The first-order valence-electron chi connectivity index (χ1n) is 7.77. The predicted octanol–water partition coefficient (Wildman–Crippen LogP) is 4.28. The molecule has 2 amide bonds. The number of benzene rings is 2. The van der Waals surface area contributed by atoms with Gasteiger partial charge in [-0.2, -0.15) is 0 Å². The summed E-state index contributed by atoms with van der Waals surface area (Å²) in [7, 11) is 0. The summed E-state index contributed by atoms with van der Waals surface area (Å²) in [4.78, 5) is 14.1. The van der Waals surface area contributed by atoms with Crippen LogP contribution < -0.4 is 5.32 Å². The lowest BCUT2D eigenvalue weighted by Gasteiger charge is -2.33. The lowest BCUT2D eigenvalue weighted by atomic mass is 10.1. The molecule has 0 aliphatic carbocycles. The molecule has 2 aromatic rings. The molecule has 1 saturated heterocycles. The molecule has 0 saturated carbocycles. The summed E-state index contributed by atoms with van der Waals surface area (Å²) in [5.74, 6) is 0. The fourth-order valence-corrected chi connectivity index (χ4v) is 2.94. The number of carbonyl (C=O) groups excluding carboxylic acids is 1. The van der Waals surface area contributed by atoms with Crippen LogP contribution in [0.3, 0.4) is 0 Å². The average molecular weight is 365 g/mol. The van der Waals surface area contributed by atoms with Crippen LogP contribution >= 0.6 is 23.2 Å². The Labute approximate surface area is 151 Å². The van der Waals surface area contributed by atoms with Crippen molar-refractivity contribution >= 4 is 29.2 Å². The van der Waals surface area contributed by atoms with Crippen molar-refractivity contribution in [2.45, 2.75) is 12.6 Å². The summed E-state index contributed by atoms with van der Waals surface area (Å²) in [6.45, 7) is 2.05. The van der Waals surface area contributed by atoms with Gasteiger partial charge in [-0.1, -0.05) is 59.6 Å². The topological polar surface area (TPSA) is 41.6 Å². The Balaban J connectivity index is 1.60. The number of nitrogens with zero attached hydrogens (tertiary/aromatic N) is 1. The fourth-order valence-electron chi connectivity index (χ4n) is 2.63. The van der Waals surface area contributed by atoms with Crippen LogP contribution in [0.2, 0.25) is 10.0 Å². The number of morpholine rings is 1. The maximum absolute atomic E-state index is 12.4. The molecule has 0 aromatic heterocycles. The van der Waals surface area contributed by atoms with Crippen LogP contribution in [0.4, 0.5) is 4.79 Å². The number of hydrogen-bond acceptors (Lipinski definition) is 2. The molecular formula is C18H18Cl2N2O2. The van der Waals surface area contributed by atoms with E-state index in [1.54, 1.807) is 17.0 Å². The third-order valence-corrected chi connectivity index (χ3v) is 4.69. The van der Waals surface area contributed by atoms with E-state index in [0.717, 1.165) is 11.1 Å². The van der Waals surface area contributed by atoms with Crippen LogP contribution in [-0.2, 0) is 11.3 Å². The Morgan fingerprint density at radius 3 is 2.71 bits per heavy atom. The van der Waals surface area contributed by atoms with E-state index < -0.39 is 0 Å². The van der Waals surface area contributed by atoms with Crippen molar-refractivity contribution in [3.05, 3.63) is 69.7 Å².